The van der Waals surface area contributed by atoms with E-state index in [1.54, 1.807) is 21.1 Å². The number of benzene rings is 1. The zero-order valence-electron chi connectivity index (χ0n) is 12.3. The Hall–Kier alpha value is -1.55. The normalized spacial score (nSPS) is 26.7. The van der Waals surface area contributed by atoms with E-state index in [0.29, 0.717) is 17.8 Å². The molecule has 3 atom stereocenters. The fourth-order valence-electron chi connectivity index (χ4n) is 2.89. The standard InChI is InChI=1S/C14H14N4O3S2/c1-23-12-5-3-2-4-8(12)17-14(22)18(16-15-17)9-6-10(19)13-20-7-11(9)21-13/h2-5,9,11,13H,6-7H2,1H3/t9-,11-,13+/m1/s1. The molecule has 3 heterocycles. The number of ether oxygens (including phenoxy) is 2. The fourth-order valence-corrected chi connectivity index (χ4v) is 3.77. The predicted molar refractivity (Wildman–Crippen MR) is 85.2 cm³/mol. The molecule has 23 heavy (non-hydrogen) atoms. The molecule has 0 saturated carbocycles. The van der Waals surface area contributed by atoms with Crippen LogP contribution in [0.15, 0.2) is 29.2 Å². The van der Waals surface area contributed by atoms with E-state index in [1.807, 2.05) is 30.5 Å². The minimum Gasteiger partial charge on any atom is -0.343 e. The highest BCUT2D eigenvalue weighted by atomic mass is 32.2. The van der Waals surface area contributed by atoms with Gasteiger partial charge >= 0.3 is 0 Å². The molecule has 1 aromatic heterocycles. The van der Waals surface area contributed by atoms with Gasteiger partial charge < -0.3 is 9.47 Å². The smallest absolute Gasteiger partial charge is 0.221 e. The van der Waals surface area contributed by atoms with Crippen LogP contribution in [0.25, 0.3) is 5.69 Å². The lowest BCUT2D eigenvalue weighted by Crippen LogP contribution is -2.37. The molecule has 2 saturated heterocycles. The number of fused-ring (bicyclic) bond motifs is 2. The van der Waals surface area contributed by atoms with E-state index in [-0.39, 0.29) is 17.9 Å². The van der Waals surface area contributed by atoms with Crippen LogP contribution in [0.2, 0.25) is 0 Å². The first-order valence-electron chi connectivity index (χ1n) is 7.16. The molecule has 0 N–H and O–H groups in total. The average molecular weight is 350 g/mol. The summed E-state index contributed by atoms with van der Waals surface area (Å²) in [5, 5.41) is 8.35. The molecule has 0 amide bonds. The second-order valence-electron chi connectivity index (χ2n) is 5.37. The Balaban J connectivity index is 1.74. The number of Topliss-reactive ketones (excluding diaryl/α,β-unsaturated/α-hetero) is 1. The Morgan fingerprint density at radius 2 is 2.17 bits per heavy atom. The molecule has 7 nitrogen and oxygen atoms in total. The van der Waals surface area contributed by atoms with Gasteiger partial charge in [-0.1, -0.05) is 12.1 Å². The first kappa shape index (κ1) is 15.0. The monoisotopic (exact) mass is 350 g/mol. The van der Waals surface area contributed by atoms with Crippen molar-refractivity contribution in [2.75, 3.05) is 12.9 Å². The van der Waals surface area contributed by atoms with Gasteiger partial charge in [0.05, 0.1) is 18.3 Å². The Kier molecular flexibility index (Phi) is 3.80. The van der Waals surface area contributed by atoms with Gasteiger partial charge in [-0.15, -0.1) is 11.8 Å². The Morgan fingerprint density at radius 3 is 3.00 bits per heavy atom. The van der Waals surface area contributed by atoms with E-state index in [2.05, 4.69) is 10.4 Å². The molecular weight excluding hydrogens is 336 g/mol. The number of aromatic nitrogens is 4. The first-order valence-corrected chi connectivity index (χ1v) is 8.80. The van der Waals surface area contributed by atoms with E-state index in [9.17, 15) is 4.79 Å². The van der Waals surface area contributed by atoms with Crippen molar-refractivity contribution in [2.45, 2.75) is 29.8 Å². The van der Waals surface area contributed by atoms with E-state index in [0.717, 1.165) is 10.6 Å². The molecule has 2 aliphatic heterocycles. The number of nitrogens with zero attached hydrogens (tertiary/aromatic N) is 4. The lowest BCUT2D eigenvalue weighted by Gasteiger charge is -2.25. The number of tetrazole rings is 1. The van der Waals surface area contributed by atoms with Crippen molar-refractivity contribution >= 4 is 29.8 Å². The summed E-state index contributed by atoms with van der Waals surface area (Å²) < 4.78 is 14.6. The van der Waals surface area contributed by atoms with Crippen LogP contribution in [0.1, 0.15) is 12.5 Å². The highest BCUT2D eigenvalue weighted by Gasteiger charge is 2.45. The molecule has 0 radical (unpaired) electrons. The first-order chi connectivity index (χ1) is 11.2. The van der Waals surface area contributed by atoms with Gasteiger partial charge in [-0.25, -0.2) is 4.68 Å². The number of hydrogen-bond acceptors (Lipinski definition) is 7. The number of para-hydroxylation sites is 1. The topological polar surface area (TPSA) is 71.2 Å². The van der Waals surface area contributed by atoms with Crippen LogP contribution >= 0.6 is 24.0 Å². The molecule has 2 fully saturated rings. The second-order valence-corrected chi connectivity index (χ2v) is 6.58. The lowest BCUT2D eigenvalue weighted by molar-refractivity contribution is -0.156. The van der Waals surface area contributed by atoms with Gasteiger partial charge in [-0.3, -0.25) is 4.79 Å². The van der Waals surface area contributed by atoms with E-state index < -0.39 is 6.29 Å². The van der Waals surface area contributed by atoms with Gasteiger partial charge in [0.15, 0.2) is 5.78 Å². The molecule has 0 spiro atoms. The van der Waals surface area contributed by atoms with Gasteiger partial charge in [-0.2, -0.15) is 4.68 Å². The molecule has 4 rings (SSSR count). The summed E-state index contributed by atoms with van der Waals surface area (Å²) in [6, 6.07) is 7.57. The number of thioether (sulfide) groups is 1. The molecule has 2 bridgehead atoms. The third-order valence-corrected chi connectivity index (χ3v) is 5.19. The van der Waals surface area contributed by atoms with Crippen molar-refractivity contribution < 1.29 is 14.3 Å². The summed E-state index contributed by atoms with van der Waals surface area (Å²) in [5.74, 6) is -0.0790. The van der Waals surface area contributed by atoms with Crippen LogP contribution < -0.4 is 0 Å². The van der Waals surface area contributed by atoms with Crippen LogP contribution in [-0.2, 0) is 14.3 Å². The maximum atomic E-state index is 12.0. The van der Waals surface area contributed by atoms with E-state index in [1.165, 1.54) is 0 Å². The van der Waals surface area contributed by atoms with Crippen molar-refractivity contribution in [3.8, 4) is 5.69 Å². The van der Waals surface area contributed by atoms with Crippen molar-refractivity contribution in [1.82, 2.24) is 19.8 Å². The van der Waals surface area contributed by atoms with Crippen molar-refractivity contribution in [3.05, 3.63) is 29.0 Å². The second kappa shape index (κ2) is 5.82. The zero-order valence-corrected chi connectivity index (χ0v) is 13.9. The van der Waals surface area contributed by atoms with Crippen LogP contribution in [0.3, 0.4) is 0 Å². The van der Waals surface area contributed by atoms with Gasteiger partial charge in [0.1, 0.15) is 6.10 Å². The van der Waals surface area contributed by atoms with E-state index >= 15 is 0 Å². The number of carbonyl (C=O) groups is 1. The molecule has 0 aliphatic carbocycles. The number of carbonyl (C=O) groups excluding carboxylic acids is 1. The lowest BCUT2D eigenvalue weighted by atomic mass is 10.0. The third kappa shape index (κ3) is 2.44. The summed E-state index contributed by atoms with van der Waals surface area (Å²) in [6.07, 6.45) is 1.35. The minimum atomic E-state index is -0.724. The van der Waals surface area contributed by atoms with Crippen molar-refractivity contribution in [3.63, 3.8) is 0 Å². The summed E-state index contributed by atoms with van der Waals surface area (Å²) >= 11 is 7.15. The number of hydrogen-bond donors (Lipinski definition) is 0. The van der Waals surface area contributed by atoms with Crippen LogP contribution in [-0.4, -0.2) is 50.8 Å². The average Bonchev–Trinajstić information content (AvgIpc) is 3.16. The predicted octanol–water partition coefficient (Wildman–Crippen LogP) is 1.78. The van der Waals surface area contributed by atoms with Crippen LogP contribution in [0, 0.1) is 4.77 Å². The van der Waals surface area contributed by atoms with Crippen molar-refractivity contribution in [2.24, 2.45) is 0 Å². The molecule has 2 aliphatic rings. The highest BCUT2D eigenvalue weighted by Crippen LogP contribution is 2.33. The number of rotatable bonds is 3. The zero-order chi connectivity index (χ0) is 16.0. The minimum absolute atomic E-state index is 0.0790. The third-order valence-electron chi connectivity index (χ3n) is 4.04. The molecule has 9 heteroatoms. The molecule has 2 aromatic rings. The fraction of sp³-hybridized carbons (Fsp3) is 0.429. The molecule has 0 unspecified atom stereocenters. The summed E-state index contributed by atoms with van der Waals surface area (Å²) in [5.41, 5.74) is 0.875. The summed E-state index contributed by atoms with van der Waals surface area (Å²) in [7, 11) is 0. The molecule has 1 aromatic carbocycles. The van der Waals surface area contributed by atoms with Crippen LogP contribution in [0.4, 0.5) is 0 Å². The largest absolute Gasteiger partial charge is 0.343 e. The van der Waals surface area contributed by atoms with Crippen molar-refractivity contribution in [1.29, 1.82) is 0 Å². The van der Waals surface area contributed by atoms with Gasteiger partial charge in [0, 0.05) is 11.3 Å². The number of ketones is 1. The van der Waals surface area contributed by atoms with Gasteiger partial charge in [0.2, 0.25) is 11.1 Å². The molecule has 120 valence electrons. The Bertz CT molecular complexity index is 818. The van der Waals surface area contributed by atoms with E-state index in [4.69, 9.17) is 21.7 Å². The quantitative estimate of drug-likeness (QED) is 0.617. The maximum absolute atomic E-state index is 12.0. The Labute approximate surface area is 141 Å². The van der Waals surface area contributed by atoms with Gasteiger partial charge in [0.25, 0.3) is 0 Å². The maximum Gasteiger partial charge on any atom is 0.221 e. The Morgan fingerprint density at radius 1 is 1.35 bits per heavy atom. The van der Waals surface area contributed by atoms with Gasteiger partial charge in [-0.05, 0) is 41.0 Å². The summed E-state index contributed by atoms with van der Waals surface area (Å²) in [4.78, 5) is 13.0. The summed E-state index contributed by atoms with van der Waals surface area (Å²) in [6.45, 7) is 0.372. The molecular formula is C14H14N4O3S2. The highest BCUT2D eigenvalue weighted by molar-refractivity contribution is 7.98. The van der Waals surface area contributed by atoms with Crippen LogP contribution in [0.5, 0.6) is 0 Å². The SMILES string of the molecule is CSc1ccccc1-n1nnn([C@@H]2CC(=O)[C@H]3OC[C@H]2O3)c1=S.